The molecule has 0 aliphatic carbocycles. The Labute approximate surface area is 167 Å². The number of piperidine rings is 2. The minimum atomic E-state index is 0.248. The number of likely N-dealkylation sites (tertiary alicyclic amines) is 3. The summed E-state index contributed by atoms with van der Waals surface area (Å²) in [7, 11) is 0. The summed E-state index contributed by atoms with van der Waals surface area (Å²) < 4.78 is 0. The molecule has 1 aromatic rings. The number of nitrogens with zero attached hydrogens (tertiary/aromatic N) is 4. The molecule has 1 amide bonds. The van der Waals surface area contributed by atoms with Gasteiger partial charge in [-0.15, -0.1) is 11.3 Å². The number of hydrogen-bond donors (Lipinski definition) is 0. The van der Waals surface area contributed by atoms with Crippen molar-refractivity contribution in [1.29, 1.82) is 0 Å². The predicted octanol–water partition coefficient (Wildman–Crippen LogP) is 3.00. The largest absolute Gasteiger partial charge is 0.342 e. The summed E-state index contributed by atoms with van der Waals surface area (Å²) >= 11 is 1.79. The van der Waals surface area contributed by atoms with Gasteiger partial charge in [-0.2, -0.15) is 0 Å². The van der Waals surface area contributed by atoms with Crippen LogP contribution in [0.1, 0.15) is 56.2 Å². The van der Waals surface area contributed by atoms with E-state index in [0.717, 1.165) is 52.1 Å². The number of aryl methyl sites for hydroxylation is 1. The topological polar surface area (TPSA) is 39.7 Å². The molecule has 4 heterocycles. The monoisotopic (exact) mass is 390 g/mol. The molecule has 3 aliphatic heterocycles. The predicted molar refractivity (Wildman–Crippen MR) is 110 cm³/mol. The summed E-state index contributed by atoms with van der Waals surface area (Å²) in [6.07, 6.45) is 8.17. The molecule has 3 saturated heterocycles. The Kier molecular flexibility index (Phi) is 6.46. The second-order valence-electron chi connectivity index (χ2n) is 8.46. The lowest BCUT2D eigenvalue weighted by Crippen LogP contribution is -2.51. The summed E-state index contributed by atoms with van der Waals surface area (Å²) in [5.41, 5.74) is 1.24. The van der Waals surface area contributed by atoms with E-state index >= 15 is 0 Å². The van der Waals surface area contributed by atoms with Gasteiger partial charge in [0.15, 0.2) is 0 Å². The Morgan fingerprint density at radius 2 is 1.89 bits per heavy atom. The normalized spacial score (nSPS) is 26.0. The Bertz CT molecular complexity index is 619. The zero-order chi connectivity index (χ0) is 18.6. The first-order valence-electron chi connectivity index (χ1n) is 10.9. The second kappa shape index (κ2) is 9.01. The maximum absolute atomic E-state index is 12.8. The first-order chi connectivity index (χ1) is 13.2. The minimum absolute atomic E-state index is 0.248. The number of carbonyl (C=O) groups excluding carboxylic acids is 1. The second-order valence-corrected chi connectivity index (χ2v) is 9.40. The lowest BCUT2D eigenvalue weighted by atomic mass is 9.93. The van der Waals surface area contributed by atoms with Gasteiger partial charge in [-0.1, -0.05) is 6.92 Å². The minimum Gasteiger partial charge on any atom is -0.342 e. The molecule has 3 fully saturated rings. The molecule has 0 unspecified atom stereocenters. The summed E-state index contributed by atoms with van der Waals surface area (Å²) in [6.45, 7) is 9.64. The number of aromatic nitrogens is 1. The number of hydrogen-bond acceptors (Lipinski definition) is 5. The van der Waals surface area contributed by atoms with Crippen molar-refractivity contribution in [2.45, 2.75) is 64.5 Å². The first-order valence-corrected chi connectivity index (χ1v) is 11.8. The summed E-state index contributed by atoms with van der Waals surface area (Å²) in [5.74, 6) is 0.683. The number of rotatable bonds is 5. The van der Waals surface area contributed by atoms with Crippen molar-refractivity contribution >= 4 is 17.2 Å². The standard InChI is InChI=1S/C21H34N4OS/c1-2-20-22-18(16-27-20)15-23-12-7-19(8-13-23)25-11-5-6-17(14-25)21(26)24-9-3-4-10-24/h16-17,19H,2-15H2,1H3/t17-/m0/s1. The van der Waals surface area contributed by atoms with Gasteiger partial charge >= 0.3 is 0 Å². The van der Waals surface area contributed by atoms with Gasteiger partial charge in [0.05, 0.1) is 16.6 Å². The lowest BCUT2D eigenvalue weighted by Gasteiger charge is -2.42. The molecule has 6 heteroatoms. The third-order valence-electron chi connectivity index (χ3n) is 6.58. The van der Waals surface area contributed by atoms with Crippen LogP contribution in [0.5, 0.6) is 0 Å². The highest BCUT2D eigenvalue weighted by molar-refractivity contribution is 7.09. The summed E-state index contributed by atoms with van der Waals surface area (Å²) in [5, 5.41) is 3.48. The van der Waals surface area contributed by atoms with Crippen LogP contribution < -0.4 is 0 Å². The van der Waals surface area contributed by atoms with Crippen molar-refractivity contribution < 1.29 is 4.79 Å². The van der Waals surface area contributed by atoms with Crippen molar-refractivity contribution in [2.75, 3.05) is 39.3 Å². The van der Waals surface area contributed by atoms with Crippen molar-refractivity contribution in [3.8, 4) is 0 Å². The van der Waals surface area contributed by atoms with Gasteiger partial charge in [-0.05, 0) is 51.5 Å². The van der Waals surface area contributed by atoms with E-state index in [-0.39, 0.29) is 5.92 Å². The molecule has 0 saturated carbocycles. The molecule has 1 atom stereocenters. The maximum atomic E-state index is 12.8. The molecule has 0 bridgehead atoms. The molecule has 150 valence electrons. The van der Waals surface area contributed by atoms with E-state index in [2.05, 4.69) is 27.0 Å². The van der Waals surface area contributed by atoms with Crippen LogP contribution in [0.25, 0.3) is 0 Å². The fraction of sp³-hybridized carbons (Fsp3) is 0.810. The van der Waals surface area contributed by atoms with E-state index in [1.807, 2.05) is 0 Å². The smallest absolute Gasteiger partial charge is 0.226 e. The van der Waals surface area contributed by atoms with Crippen LogP contribution in [0, 0.1) is 5.92 Å². The zero-order valence-corrected chi connectivity index (χ0v) is 17.6. The van der Waals surface area contributed by atoms with E-state index < -0.39 is 0 Å². The molecule has 0 spiro atoms. The third-order valence-corrected chi connectivity index (χ3v) is 7.62. The molecule has 4 rings (SSSR count). The molecule has 1 aromatic heterocycles. The van der Waals surface area contributed by atoms with Crippen molar-refractivity contribution in [3.63, 3.8) is 0 Å². The van der Waals surface area contributed by atoms with Crippen LogP contribution in [-0.2, 0) is 17.8 Å². The van der Waals surface area contributed by atoms with E-state index in [4.69, 9.17) is 4.98 Å². The molecule has 5 nitrogen and oxygen atoms in total. The molecule has 0 N–H and O–H groups in total. The van der Waals surface area contributed by atoms with Gasteiger partial charge in [-0.25, -0.2) is 4.98 Å². The van der Waals surface area contributed by atoms with Crippen LogP contribution in [0.2, 0.25) is 0 Å². The Morgan fingerprint density at radius 1 is 1.11 bits per heavy atom. The molecule has 0 aromatic carbocycles. The lowest BCUT2D eigenvalue weighted by molar-refractivity contribution is -0.136. The number of thiazole rings is 1. The van der Waals surface area contributed by atoms with E-state index in [1.165, 1.54) is 49.4 Å². The van der Waals surface area contributed by atoms with E-state index in [1.54, 1.807) is 11.3 Å². The van der Waals surface area contributed by atoms with Crippen LogP contribution >= 0.6 is 11.3 Å². The molecule has 3 aliphatic rings. The quantitative estimate of drug-likeness (QED) is 0.775. The van der Waals surface area contributed by atoms with Gasteiger partial charge in [0.1, 0.15) is 0 Å². The van der Waals surface area contributed by atoms with Crippen molar-refractivity contribution in [1.82, 2.24) is 19.7 Å². The van der Waals surface area contributed by atoms with Crippen molar-refractivity contribution in [2.24, 2.45) is 5.92 Å². The van der Waals surface area contributed by atoms with Crippen LogP contribution in [0.3, 0.4) is 0 Å². The first kappa shape index (κ1) is 19.3. The van der Waals surface area contributed by atoms with Crippen LogP contribution in [0.15, 0.2) is 5.38 Å². The highest BCUT2D eigenvalue weighted by Crippen LogP contribution is 2.26. The molecular formula is C21H34N4OS. The van der Waals surface area contributed by atoms with Gasteiger partial charge in [-0.3, -0.25) is 14.6 Å². The average molecular weight is 391 g/mol. The fourth-order valence-corrected chi connectivity index (χ4v) is 5.73. The van der Waals surface area contributed by atoms with Crippen LogP contribution in [0.4, 0.5) is 0 Å². The molecule has 0 radical (unpaired) electrons. The summed E-state index contributed by atoms with van der Waals surface area (Å²) in [4.78, 5) is 24.8. The highest BCUT2D eigenvalue weighted by Gasteiger charge is 2.34. The Balaban J connectivity index is 1.25. The Hall–Kier alpha value is -0.980. The van der Waals surface area contributed by atoms with Gasteiger partial charge in [0.25, 0.3) is 0 Å². The highest BCUT2D eigenvalue weighted by atomic mass is 32.1. The SMILES string of the molecule is CCc1nc(CN2CCC(N3CCC[C@H](C(=O)N4CCCC4)C3)CC2)cs1. The number of amides is 1. The average Bonchev–Trinajstić information content (AvgIpc) is 3.40. The maximum Gasteiger partial charge on any atom is 0.226 e. The molecule has 27 heavy (non-hydrogen) atoms. The zero-order valence-electron chi connectivity index (χ0n) is 16.7. The number of carbonyl (C=O) groups is 1. The van der Waals surface area contributed by atoms with E-state index in [9.17, 15) is 4.79 Å². The third kappa shape index (κ3) is 4.72. The fourth-order valence-electron chi connectivity index (χ4n) is 4.99. The van der Waals surface area contributed by atoms with Crippen LogP contribution in [-0.4, -0.2) is 70.9 Å². The Morgan fingerprint density at radius 3 is 2.59 bits per heavy atom. The van der Waals surface area contributed by atoms with Crippen molar-refractivity contribution in [3.05, 3.63) is 16.1 Å². The van der Waals surface area contributed by atoms with E-state index in [0.29, 0.717) is 11.9 Å². The molecular weight excluding hydrogens is 356 g/mol. The summed E-state index contributed by atoms with van der Waals surface area (Å²) in [6, 6.07) is 0.664. The van der Waals surface area contributed by atoms with Gasteiger partial charge < -0.3 is 4.90 Å². The van der Waals surface area contributed by atoms with Gasteiger partial charge in [0.2, 0.25) is 5.91 Å². The van der Waals surface area contributed by atoms with Gasteiger partial charge in [0, 0.05) is 50.7 Å².